The summed E-state index contributed by atoms with van der Waals surface area (Å²) < 4.78 is 0. The van der Waals surface area contributed by atoms with Crippen LogP contribution in [-0.4, -0.2) is 13.1 Å². The van der Waals surface area contributed by atoms with Crippen LogP contribution < -0.4 is 10.4 Å². The molecule has 72 valence electrons. The van der Waals surface area contributed by atoms with Gasteiger partial charge in [0.15, 0.2) is 0 Å². The molecule has 0 atom stereocenters. The molecule has 2 nitrogen and oxygen atoms in total. The Hall–Kier alpha value is -1.02. The van der Waals surface area contributed by atoms with Crippen LogP contribution >= 0.6 is 0 Å². The molecule has 0 aliphatic carbocycles. The van der Waals surface area contributed by atoms with Gasteiger partial charge in [0.05, 0.1) is 5.69 Å². The minimum Gasteiger partial charge on any atom is -0.309 e. The van der Waals surface area contributed by atoms with E-state index in [2.05, 4.69) is 55.5 Å². The van der Waals surface area contributed by atoms with Gasteiger partial charge in [-0.2, -0.15) is 0 Å². The third kappa shape index (κ3) is 2.74. The fourth-order valence-electron chi connectivity index (χ4n) is 1.37. The summed E-state index contributed by atoms with van der Waals surface area (Å²) in [5, 5.41) is 2.16. The monoisotopic (exact) mass is 178 g/mol. The number of nitrogens with one attached hydrogen (secondary N) is 1. The predicted octanol–water partition coefficient (Wildman–Crippen LogP) is 2.35. The van der Waals surface area contributed by atoms with E-state index in [1.54, 1.807) is 0 Å². The highest BCUT2D eigenvalue weighted by molar-refractivity contribution is 5.47. The zero-order valence-electron chi connectivity index (χ0n) is 8.67. The molecule has 13 heavy (non-hydrogen) atoms. The summed E-state index contributed by atoms with van der Waals surface area (Å²) in [4.78, 5) is 0. The minimum absolute atomic E-state index is 0.960. The van der Waals surface area contributed by atoms with Crippen molar-refractivity contribution < 1.29 is 0 Å². The fraction of sp³-hybridized carbons (Fsp3) is 0.455. The van der Waals surface area contributed by atoms with Crippen molar-refractivity contribution >= 4 is 5.69 Å². The van der Waals surface area contributed by atoms with E-state index in [0.717, 1.165) is 13.1 Å². The van der Waals surface area contributed by atoms with Crippen molar-refractivity contribution in [1.82, 2.24) is 5.43 Å². The molecule has 1 aromatic rings. The number of anilines is 1. The molecule has 0 saturated carbocycles. The number of aryl methyl sites for hydroxylation is 1. The Morgan fingerprint density at radius 3 is 2.62 bits per heavy atom. The first-order chi connectivity index (χ1) is 6.27. The van der Waals surface area contributed by atoms with E-state index >= 15 is 0 Å². The summed E-state index contributed by atoms with van der Waals surface area (Å²) >= 11 is 0. The first-order valence-electron chi connectivity index (χ1n) is 4.85. The summed E-state index contributed by atoms with van der Waals surface area (Å²) in [6, 6.07) is 8.51. The minimum atomic E-state index is 0.960. The van der Waals surface area contributed by atoms with E-state index < -0.39 is 0 Å². The average Bonchev–Trinajstić information content (AvgIpc) is 2.14. The van der Waals surface area contributed by atoms with Gasteiger partial charge >= 0.3 is 0 Å². The average molecular weight is 178 g/mol. The van der Waals surface area contributed by atoms with Gasteiger partial charge in [-0.05, 0) is 31.5 Å². The molecule has 0 aliphatic heterocycles. The molecule has 1 rings (SSSR count). The van der Waals surface area contributed by atoms with Gasteiger partial charge in [-0.3, -0.25) is 0 Å². The molecular formula is C11H18N2. The Kier molecular flexibility index (Phi) is 3.77. The van der Waals surface area contributed by atoms with Gasteiger partial charge in [-0.15, -0.1) is 0 Å². The Morgan fingerprint density at radius 2 is 2.08 bits per heavy atom. The summed E-state index contributed by atoms with van der Waals surface area (Å²) in [5.41, 5.74) is 5.85. The molecule has 0 heterocycles. The van der Waals surface area contributed by atoms with Gasteiger partial charge in [-0.25, -0.2) is 5.43 Å². The number of benzene rings is 1. The van der Waals surface area contributed by atoms with Crippen LogP contribution in [0, 0.1) is 6.92 Å². The smallest absolute Gasteiger partial charge is 0.0522 e. The number of nitrogens with zero attached hydrogens (tertiary/aromatic N) is 1. The molecule has 0 amide bonds. The van der Waals surface area contributed by atoms with Crippen LogP contribution in [0.3, 0.4) is 0 Å². The molecule has 0 aromatic heterocycles. The van der Waals surface area contributed by atoms with Crippen LogP contribution in [0.25, 0.3) is 0 Å². The number of hydrogen-bond donors (Lipinski definition) is 1. The lowest BCUT2D eigenvalue weighted by Crippen LogP contribution is -2.37. The van der Waals surface area contributed by atoms with E-state index in [9.17, 15) is 0 Å². The molecular weight excluding hydrogens is 160 g/mol. The summed E-state index contributed by atoms with van der Waals surface area (Å²) in [5.74, 6) is 0. The maximum atomic E-state index is 3.31. The standard InChI is InChI=1S/C11H18N2/c1-4-12-13(5-2)11-8-6-7-10(3)9-11/h6-9,12H,4-5H2,1-3H3. The number of hydrazine groups is 1. The van der Waals surface area contributed by atoms with Gasteiger partial charge in [-0.1, -0.05) is 19.1 Å². The Balaban J connectivity index is 2.78. The zero-order valence-corrected chi connectivity index (χ0v) is 8.67. The van der Waals surface area contributed by atoms with E-state index in [4.69, 9.17) is 0 Å². The molecule has 2 heteroatoms. The van der Waals surface area contributed by atoms with E-state index in [0.29, 0.717) is 0 Å². The summed E-state index contributed by atoms with van der Waals surface area (Å²) in [6.07, 6.45) is 0. The van der Waals surface area contributed by atoms with Crippen molar-refractivity contribution in [1.29, 1.82) is 0 Å². The molecule has 0 fully saturated rings. The van der Waals surface area contributed by atoms with Crippen molar-refractivity contribution in [3.8, 4) is 0 Å². The van der Waals surface area contributed by atoms with Crippen molar-refractivity contribution in [3.05, 3.63) is 29.8 Å². The molecule has 1 aromatic carbocycles. The van der Waals surface area contributed by atoms with E-state index in [-0.39, 0.29) is 0 Å². The van der Waals surface area contributed by atoms with Gasteiger partial charge in [0.1, 0.15) is 0 Å². The normalized spacial score (nSPS) is 10.1. The highest BCUT2D eigenvalue weighted by atomic mass is 15.5. The molecule has 0 saturated heterocycles. The highest BCUT2D eigenvalue weighted by Crippen LogP contribution is 2.13. The Bertz CT molecular complexity index is 258. The molecule has 0 unspecified atom stereocenters. The van der Waals surface area contributed by atoms with Crippen LogP contribution in [0.15, 0.2) is 24.3 Å². The molecule has 0 spiro atoms. The molecule has 1 N–H and O–H groups in total. The maximum Gasteiger partial charge on any atom is 0.0522 e. The lowest BCUT2D eigenvalue weighted by atomic mass is 10.2. The van der Waals surface area contributed by atoms with Gasteiger partial charge in [0, 0.05) is 13.1 Å². The Labute approximate surface area is 80.5 Å². The summed E-state index contributed by atoms with van der Waals surface area (Å²) in [7, 11) is 0. The topological polar surface area (TPSA) is 15.3 Å². The van der Waals surface area contributed by atoms with Crippen LogP contribution in [0.4, 0.5) is 5.69 Å². The second kappa shape index (κ2) is 4.87. The van der Waals surface area contributed by atoms with Crippen LogP contribution in [0.2, 0.25) is 0 Å². The van der Waals surface area contributed by atoms with Crippen LogP contribution in [-0.2, 0) is 0 Å². The molecule has 0 radical (unpaired) electrons. The Morgan fingerprint density at radius 1 is 1.31 bits per heavy atom. The lowest BCUT2D eigenvalue weighted by Gasteiger charge is -2.23. The first kappa shape index (κ1) is 10.1. The second-order valence-corrected chi connectivity index (χ2v) is 3.09. The highest BCUT2D eigenvalue weighted by Gasteiger charge is 2.00. The first-order valence-corrected chi connectivity index (χ1v) is 4.85. The van der Waals surface area contributed by atoms with Crippen molar-refractivity contribution in [3.63, 3.8) is 0 Å². The number of hydrogen-bond acceptors (Lipinski definition) is 2. The lowest BCUT2D eigenvalue weighted by molar-refractivity contribution is 0.664. The largest absolute Gasteiger partial charge is 0.309 e. The predicted molar refractivity (Wildman–Crippen MR) is 57.9 cm³/mol. The maximum absolute atomic E-state index is 3.31. The zero-order chi connectivity index (χ0) is 9.68. The van der Waals surface area contributed by atoms with E-state index in [1.807, 2.05) is 0 Å². The quantitative estimate of drug-likeness (QED) is 0.712. The van der Waals surface area contributed by atoms with E-state index in [1.165, 1.54) is 11.3 Å². The second-order valence-electron chi connectivity index (χ2n) is 3.09. The third-order valence-electron chi connectivity index (χ3n) is 1.98. The molecule has 0 bridgehead atoms. The fourth-order valence-corrected chi connectivity index (χ4v) is 1.37. The SMILES string of the molecule is CCNN(CC)c1cccc(C)c1. The van der Waals surface area contributed by atoms with Crippen LogP contribution in [0.5, 0.6) is 0 Å². The van der Waals surface area contributed by atoms with Crippen LogP contribution in [0.1, 0.15) is 19.4 Å². The van der Waals surface area contributed by atoms with Crippen molar-refractivity contribution in [2.45, 2.75) is 20.8 Å². The number of rotatable bonds is 4. The van der Waals surface area contributed by atoms with Gasteiger partial charge in [0.25, 0.3) is 0 Å². The summed E-state index contributed by atoms with van der Waals surface area (Å²) in [6.45, 7) is 8.31. The molecule has 0 aliphatic rings. The van der Waals surface area contributed by atoms with Crippen molar-refractivity contribution in [2.24, 2.45) is 0 Å². The third-order valence-corrected chi connectivity index (χ3v) is 1.98. The van der Waals surface area contributed by atoms with Gasteiger partial charge in [0.2, 0.25) is 0 Å². The van der Waals surface area contributed by atoms with Crippen molar-refractivity contribution in [2.75, 3.05) is 18.1 Å². The van der Waals surface area contributed by atoms with Gasteiger partial charge < -0.3 is 5.01 Å².